The summed E-state index contributed by atoms with van der Waals surface area (Å²) < 4.78 is 0. The predicted octanol–water partition coefficient (Wildman–Crippen LogP) is 1.43. The van der Waals surface area contributed by atoms with Crippen molar-refractivity contribution in [2.75, 3.05) is 5.73 Å². The molecule has 0 aliphatic heterocycles. The quantitative estimate of drug-likeness (QED) is 0.740. The number of aromatic nitrogens is 1. The molecule has 1 aromatic heterocycles. The minimum absolute atomic E-state index is 0.422. The second-order valence-corrected chi connectivity index (χ2v) is 3.37. The highest BCUT2D eigenvalue weighted by Gasteiger charge is 2.12. The summed E-state index contributed by atoms with van der Waals surface area (Å²) in [7, 11) is 0. The third kappa shape index (κ3) is 1.72. The van der Waals surface area contributed by atoms with Crippen molar-refractivity contribution in [1.29, 1.82) is 0 Å². The maximum atomic E-state index is 11.3. The van der Waals surface area contributed by atoms with Gasteiger partial charge in [-0.25, -0.2) is 0 Å². The molecule has 0 fully saturated rings. The zero-order valence-electron chi connectivity index (χ0n) is 8.55. The number of pyridine rings is 1. The van der Waals surface area contributed by atoms with E-state index in [0.29, 0.717) is 16.8 Å². The van der Waals surface area contributed by atoms with Crippen LogP contribution < -0.4 is 11.5 Å². The Bertz CT molecular complexity index is 523. The van der Waals surface area contributed by atoms with Gasteiger partial charge in [0.1, 0.15) is 0 Å². The number of nitrogen functional groups attached to an aromatic ring is 1. The number of nitrogens with two attached hydrogens (primary N) is 2. The highest BCUT2D eigenvalue weighted by atomic mass is 16.1. The van der Waals surface area contributed by atoms with Crippen LogP contribution in [0.1, 0.15) is 10.4 Å². The molecule has 80 valence electrons. The van der Waals surface area contributed by atoms with Crippen molar-refractivity contribution in [3.8, 4) is 11.1 Å². The van der Waals surface area contributed by atoms with Gasteiger partial charge in [-0.15, -0.1) is 0 Å². The normalized spacial score (nSPS) is 10.0. The minimum Gasteiger partial charge on any atom is -0.398 e. The van der Waals surface area contributed by atoms with Crippen LogP contribution in [0.3, 0.4) is 0 Å². The molecule has 0 bridgehead atoms. The Morgan fingerprint density at radius 1 is 1.12 bits per heavy atom. The van der Waals surface area contributed by atoms with Crippen LogP contribution in [-0.2, 0) is 0 Å². The summed E-state index contributed by atoms with van der Waals surface area (Å²) in [6.07, 6.45) is 3.29. The van der Waals surface area contributed by atoms with Gasteiger partial charge >= 0.3 is 0 Å². The van der Waals surface area contributed by atoms with E-state index in [0.717, 1.165) is 5.56 Å². The zero-order chi connectivity index (χ0) is 11.5. The minimum atomic E-state index is -0.487. The third-order valence-corrected chi connectivity index (χ3v) is 2.33. The first-order valence-corrected chi connectivity index (χ1v) is 4.79. The molecule has 0 radical (unpaired) electrons. The molecule has 0 aliphatic carbocycles. The fraction of sp³-hybridized carbons (Fsp3) is 0. The average Bonchev–Trinajstić information content (AvgIpc) is 2.29. The number of rotatable bonds is 2. The standard InChI is InChI=1S/C12H11N3O/c13-10-3-1-2-9(12(14)16)11(10)8-4-6-15-7-5-8/h1-7H,13H2,(H2,14,16). The maximum Gasteiger partial charge on any atom is 0.249 e. The number of hydrogen-bond acceptors (Lipinski definition) is 3. The first-order chi connectivity index (χ1) is 7.70. The Hall–Kier alpha value is -2.36. The number of primary amides is 1. The summed E-state index contributed by atoms with van der Waals surface area (Å²) in [6, 6.07) is 8.69. The van der Waals surface area contributed by atoms with E-state index in [-0.39, 0.29) is 0 Å². The smallest absolute Gasteiger partial charge is 0.249 e. The van der Waals surface area contributed by atoms with E-state index < -0.39 is 5.91 Å². The van der Waals surface area contributed by atoms with Crippen molar-refractivity contribution in [3.05, 3.63) is 48.3 Å². The van der Waals surface area contributed by atoms with Crippen LogP contribution in [0.2, 0.25) is 0 Å². The first kappa shape index (κ1) is 10.2. The summed E-state index contributed by atoms with van der Waals surface area (Å²) in [4.78, 5) is 15.2. The summed E-state index contributed by atoms with van der Waals surface area (Å²) in [5.74, 6) is -0.487. The number of carbonyl (C=O) groups excluding carboxylic acids is 1. The van der Waals surface area contributed by atoms with E-state index >= 15 is 0 Å². The van der Waals surface area contributed by atoms with E-state index in [2.05, 4.69) is 4.98 Å². The Kier molecular flexibility index (Phi) is 2.55. The summed E-state index contributed by atoms with van der Waals surface area (Å²) in [5, 5.41) is 0. The predicted molar refractivity (Wildman–Crippen MR) is 62.6 cm³/mol. The van der Waals surface area contributed by atoms with E-state index in [1.165, 1.54) is 0 Å². The fourth-order valence-electron chi connectivity index (χ4n) is 1.62. The van der Waals surface area contributed by atoms with Gasteiger partial charge in [-0.2, -0.15) is 0 Å². The fourth-order valence-corrected chi connectivity index (χ4v) is 1.62. The monoisotopic (exact) mass is 213 g/mol. The Labute approximate surface area is 92.9 Å². The van der Waals surface area contributed by atoms with Crippen molar-refractivity contribution in [2.45, 2.75) is 0 Å². The van der Waals surface area contributed by atoms with Crippen LogP contribution in [0.5, 0.6) is 0 Å². The number of amides is 1. The number of anilines is 1. The number of hydrogen-bond donors (Lipinski definition) is 2. The van der Waals surface area contributed by atoms with Gasteiger partial charge in [0.15, 0.2) is 0 Å². The van der Waals surface area contributed by atoms with Crippen LogP contribution in [-0.4, -0.2) is 10.9 Å². The molecule has 16 heavy (non-hydrogen) atoms. The van der Waals surface area contributed by atoms with Crippen LogP contribution in [0.25, 0.3) is 11.1 Å². The zero-order valence-corrected chi connectivity index (χ0v) is 8.55. The lowest BCUT2D eigenvalue weighted by atomic mass is 9.98. The average molecular weight is 213 g/mol. The Balaban J connectivity index is 2.68. The van der Waals surface area contributed by atoms with Crippen molar-refractivity contribution < 1.29 is 4.79 Å². The van der Waals surface area contributed by atoms with Gasteiger partial charge in [0.25, 0.3) is 0 Å². The molecule has 0 aliphatic rings. The van der Waals surface area contributed by atoms with Gasteiger partial charge in [0.2, 0.25) is 5.91 Å². The van der Waals surface area contributed by atoms with Crippen LogP contribution in [0, 0.1) is 0 Å². The molecule has 0 saturated heterocycles. The Morgan fingerprint density at radius 3 is 2.44 bits per heavy atom. The van der Waals surface area contributed by atoms with Crippen LogP contribution in [0.4, 0.5) is 5.69 Å². The van der Waals surface area contributed by atoms with E-state index in [4.69, 9.17) is 11.5 Å². The van der Waals surface area contributed by atoms with Crippen LogP contribution in [0.15, 0.2) is 42.7 Å². The number of carbonyl (C=O) groups is 1. The second kappa shape index (κ2) is 4.02. The molecule has 0 atom stereocenters. The second-order valence-electron chi connectivity index (χ2n) is 3.37. The number of benzene rings is 1. The summed E-state index contributed by atoms with van der Waals surface area (Å²) in [5.41, 5.74) is 13.6. The first-order valence-electron chi connectivity index (χ1n) is 4.79. The lowest BCUT2D eigenvalue weighted by Crippen LogP contribution is -2.13. The highest BCUT2D eigenvalue weighted by Crippen LogP contribution is 2.28. The largest absolute Gasteiger partial charge is 0.398 e. The molecule has 4 heteroatoms. The molecular formula is C12H11N3O. The van der Waals surface area contributed by atoms with Crippen molar-refractivity contribution >= 4 is 11.6 Å². The lowest BCUT2D eigenvalue weighted by Gasteiger charge is -2.09. The molecule has 1 heterocycles. The van der Waals surface area contributed by atoms with Crippen molar-refractivity contribution in [2.24, 2.45) is 5.73 Å². The number of nitrogens with zero attached hydrogens (tertiary/aromatic N) is 1. The van der Waals surface area contributed by atoms with Crippen molar-refractivity contribution in [3.63, 3.8) is 0 Å². The van der Waals surface area contributed by atoms with Crippen molar-refractivity contribution in [1.82, 2.24) is 4.98 Å². The topological polar surface area (TPSA) is 82.0 Å². The third-order valence-electron chi connectivity index (χ3n) is 2.33. The van der Waals surface area contributed by atoms with E-state index in [1.807, 2.05) is 0 Å². The molecule has 2 aromatic rings. The molecule has 2 rings (SSSR count). The lowest BCUT2D eigenvalue weighted by molar-refractivity contribution is 0.100. The molecule has 1 aromatic carbocycles. The van der Waals surface area contributed by atoms with Gasteiger partial charge in [-0.1, -0.05) is 6.07 Å². The van der Waals surface area contributed by atoms with E-state index in [9.17, 15) is 4.79 Å². The van der Waals surface area contributed by atoms with Gasteiger partial charge in [0.05, 0.1) is 0 Å². The van der Waals surface area contributed by atoms with Gasteiger partial charge in [0, 0.05) is 29.2 Å². The highest BCUT2D eigenvalue weighted by molar-refractivity contribution is 6.02. The molecule has 1 amide bonds. The maximum absolute atomic E-state index is 11.3. The van der Waals surface area contributed by atoms with E-state index in [1.54, 1.807) is 42.7 Å². The molecule has 4 N–H and O–H groups in total. The molecule has 0 saturated carbocycles. The van der Waals surface area contributed by atoms with Gasteiger partial charge < -0.3 is 11.5 Å². The molecule has 4 nitrogen and oxygen atoms in total. The molecule has 0 unspecified atom stereocenters. The molecule has 0 spiro atoms. The van der Waals surface area contributed by atoms with Gasteiger partial charge in [-0.3, -0.25) is 9.78 Å². The summed E-state index contributed by atoms with van der Waals surface area (Å²) in [6.45, 7) is 0. The van der Waals surface area contributed by atoms with Crippen LogP contribution >= 0.6 is 0 Å². The Morgan fingerprint density at radius 2 is 1.81 bits per heavy atom. The molecular weight excluding hydrogens is 202 g/mol. The SMILES string of the molecule is NC(=O)c1cccc(N)c1-c1ccncc1. The van der Waals surface area contributed by atoms with Gasteiger partial charge in [-0.05, 0) is 29.8 Å². The summed E-state index contributed by atoms with van der Waals surface area (Å²) >= 11 is 0.